The molecular weight excluding hydrogens is 563 g/mol. The van der Waals surface area contributed by atoms with Crippen LogP contribution in [0.5, 0.6) is 5.75 Å². The first-order chi connectivity index (χ1) is 18.9. The molecule has 7 nitrogen and oxygen atoms in total. The molecule has 1 saturated heterocycles. The van der Waals surface area contributed by atoms with Crippen LogP contribution in [-0.2, 0) is 21.4 Å². The predicted molar refractivity (Wildman–Crippen MR) is 152 cm³/mol. The highest BCUT2D eigenvalue weighted by molar-refractivity contribution is 8.18. The molecule has 0 radical (unpaired) electrons. The lowest BCUT2D eigenvalue weighted by molar-refractivity contribution is -0.115. The van der Waals surface area contributed by atoms with Crippen LogP contribution in [0.1, 0.15) is 42.9 Å². The maximum atomic E-state index is 12.5. The van der Waals surface area contributed by atoms with Gasteiger partial charge in [0.25, 0.3) is 5.91 Å². The van der Waals surface area contributed by atoms with Crippen molar-refractivity contribution in [1.29, 1.82) is 0 Å². The third kappa shape index (κ3) is 7.45. The quantitative estimate of drug-likeness (QED) is 0.264. The standard InChI is InChI=1S/C28H26F3N3O4S2/c1-3-18(2)21-8-4-20(5-9-21)17-38-24-14-6-19(7-15-24)16-25-26(35)33-27(39-25)32-22-10-12-23(13-11-22)34-40(36,37)28(29,30)31/h4-16,18,34H,3,17H2,1-2H3,(H,32,33,35)/b25-16-. The highest BCUT2D eigenvalue weighted by atomic mass is 32.2. The van der Waals surface area contributed by atoms with Crippen molar-refractivity contribution in [3.8, 4) is 5.75 Å². The summed E-state index contributed by atoms with van der Waals surface area (Å²) in [5.41, 5.74) is -2.22. The summed E-state index contributed by atoms with van der Waals surface area (Å²) in [5.74, 6) is 0.866. The molecule has 2 N–H and O–H groups in total. The number of ether oxygens (including phenoxy) is 1. The fourth-order valence-corrected chi connectivity index (χ4v) is 4.98. The van der Waals surface area contributed by atoms with E-state index in [9.17, 15) is 26.4 Å². The van der Waals surface area contributed by atoms with E-state index in [1.165, 1.54) is 22.4 Å². The Morgan fingerprint density at radius 3 is 2.27 bits per heavy atom. The molecule has 1 amide bonds. The molecular formula is C28H26F3N3O4S2. The molecule has 210 valence electrons. The van der Waals surface area contributed by atoms with Gasteiger partial charge in [0.05, 0.1) is 10.6 Å². The Bertz CT molecular complexity index is 1520. The maximum Gasteiger partial charge on any atom is 0.516 e. The fraction of sp³-hybridized carbons (Fsp3) is 0.214. The zero-order chi connectivity index (χ0) is 28.9. The molecule has 3 aromatic rings. The minimum atomic E-state index is -5.52. The van der Waals surface area contributed by atoms with Crippen molar-refractivity contribution < 1.29 is 31.1 Å². The normalized spacial score (nSPS) is 16.7. The molecule has 3 aromatic carbocycles. The van der Waals surface area contributed by atoms with E-state index in [0.29, 0.717) is 28.9 Å². The lowest BCUT2D eigenvalue weighted by Crippen LogP contribution is -2.29. The number of rotatable bonds is 9. The molecule has 0 bridgehead atoms. The number of amides is 1. The predicted octanol–water partition coefficient (Wildman–Crippen LogP) is 6.93. The van der Waals surface area contributed by atoms with E-state index >= 15 is 0 Å². The summed E-state index contributed by atoms with van der Waals surface area (Å²) >= 11 is 1.10. The van der Waals surface area contributed by atoms with Gasteiger partial charge in [-0.05, 0) is 83.3 Å². The topological polar surface area (TPSA) is 96.9 Å². The van der Waals surface area contributed by atoms with Crippen molar-refractivity contribution in [1.82, 2.24) is 5.32 Å². The Labute approximate surface area is 234 Å². The van der Waals surface area contributed by atoms with Crippen LogP contribution in [0.3, 0.4) is 0 Å². The first-order valence-corrected chi connectivity index (χ1v) is 14.5. The number of aliphatic imine (C=N–C) groups is 1. The van der Waals surface area contributed by atoms with Gasteiger partial charge in [-0.1, -0.05) is 50.2 Å². The summed E-state index contributed by atoms with van der Waals surface area (Å²) in [7, 11) is -5.52. The van der Waals surface area contributed by atoms with Crippen LogP contribution < -0.4 is 14.8 Å². The third-order valence-electron chi connectivity index (χ3n) is 6.05. The number of carbonyl (C=O) groups is 1. The van der Waals surface area contributed by atoms with Crippen molar-refractivity contribution in [3.05, 3.63) is 94.4 Å². The number of thioether (sulfide) groups is 1. The second kappa shape index (κ2) is 12.2. The molecule has 1 unspecified atom stereocenters. The largest absolute Gasteiger partial charge is 0.516 e. The summed E-state index contributed by atoms with van der Waals surface area (Å²) < 4.78 is 67.4. The molecule has 0 saturated carbocycles. The van der Waals surface area contributed by atoms with Crippen molar-refractivity contribution in [2.24, 2.45) is 4.99 Å². The Balaban J connectivity index is 1.34. The van der Waals surface area contributed by atoms with E-state index < -0.39 is 15.5 Å². The summed E-state index contributed by atoms with van der Waals surface area (Å²) in [6.45, 7) is 4.80. The molecule has 1 aliphatic heterocycles. The van der Waals surface area contributed by atoms with Gasteiger partial charge in [-0.3, -0.25) is 9.52 Å². The zero-order valence-corrected chi connectivity index (χ0v) is 23.2. The summed E-state index contributed by atoms with van der Waals surface area (Å²) in [6, 6.07) is 20.6. The first kappa shape index (κ1) is 29.2. The molecule has 4 rings (SSSR count). The maximum absolute atomic E-state index is 12.5. The van der Waals surface area contributed by atoms with Crippen molar-refractivity contribution in [3.63, 3.8) is 0 Å². The van der Waals surface area contributed by atoms with E-state index in [2.05, 4.69) is 48.4 Å². The Morgan fingerprint density at radius 1 is 1.02 bits per heavy atom. The van der Waals surface area contributed by atoms with Gasteiger partial charge in [0.2, 0.25) is 0 Å². The molecule has 0 aromatic heterocycles. The van der Waals surface area contributed by atoms with Crippen molar-refractivity contribution in [2.75, 3.05) is 4.72 Å². The average Bonchev–Trinajstić information content (AvgIpc) is 3.26. The zero-order valence-electron chi connectivity index (χ0n) is 21.5. The molecule has 40 heavy (non-hydrogen) atoms. The van der Waals surface area contributed by atoms with Gasteiger partial charge in [-0.2, -0.15) is 21.6 Å². The van der Waals surface area contributed by atoms with Gasteiger partial charge in [-0.15, -0.1) is 0 Å². The number of nitrogens with zero attached hydrogens (tertiary/aromatic N) is 1. The third-order valence-corrected chi connectivity index (χ3v) is 8.07. The first-order valence-electron chi connectivity index (χ1n) is 12.2. The molecule has 1 aliphatic rings. The van der Waals surface area contributed by atoms with Crippen LogP contribution >= 0.6 is 11.8 Å². The molecule has 12 heteroatoms. The van der Waals surface area contributed by atoms with Gasteiger partial charge >= 0.3 is 15.5 Å². The Kier molecular flexibility index (Phi) is 8.89. The van der Waals surface area contributed by atoms with E-state index in [1.807, 2.05) is 24.3 Å². The summed E-state index contributed by atoms with van der Waals surface area (Å²) in [5, 5.41) is 2.91. The van der Waals surface area contributed by atoms with Gasteiger partial charge in [0, 0.05) is 5.69 Å². The van der Waals surface area contributed by atoms with Crippen LogP contribution in [0.2, 0.25) is 0 Å². The second-order valence-corrected chi connectivity index (χ2v) is 11.7. The number of hydrogen-bond acceptors (Lipinski definition) is 6. The van der Waals surface area contributed by atoms with E-state index in [4.69, 9.17) is 4.74 Å². The molecule has 1 atom stereocenters. The number of amidine groups is 1. The van der Waals surface area contributed by atoms with Crippen molar-refractivity contribution >= 4 is 50.3 Å². The molecule has 1 heterocycles. The van der Waals surface area contributed by atoms with Gasteiger partial charge < -0.3 is 10.1 Å². The highest BCUT2D eigenvalue weighted by Gasteiger charge is 2.46. The van der Waals surface area contributed by atoms with Crippen LogP contribution in [0.15, 0.2) is 82.7 Å². The van der Waals surface area contributed by atoms with Crippen molar-refractivity contribution in [2.45, 2.75) is 38.3 Å². The number of anilines is 1. The summed E-state index contributed by atoms with van der Waals surface area (Å²) in [6.07, 6.45) is 2.79. The van der Waals surface area contributed by atoms with Gasteiger partial charge in [0.1, 0.15) is 12.4 Å². The monoisotopic (exact) mass is 589 g/mol. The molecule has 0 spiro atoms. The smallest absolute Gasteiger partial charge is 0.489 e. The number of hydrogen-bond donors (Lipinski definition) is 2. The van der Waals surface area contributed by atoms with Gasteiger partial charge in [-0.25, -0.2) is 4.99 Å². The number of halogens is 3. The second-order valence-electron chi connectivity index (χ2n) is 8.99. The molecule has 0 aliphatic carbocycles. The lowest BCUT2D eigenvalue weighted by atomic mass is 9.98. The minimum Gasteiger partial charge on any atom is -0.489 e. The minimum absolute atomic E-state index is 0.267. The number of benzene rings is 3. The van der Waals surface area contributed by atoms with E-state index in [1.54, 1.807) is 6.08 Å². The Morgan fingerprint density at radius 2 is 1.68 bits per heavy atom. The number of carbonyl (C=O) groups excluding carboxylic acids is 1. The number of nitrogens with one attached hydrogen (secondary N) is 2. The van der Waals surface area contributed by atoms with Crippen LogP contribution in [-0.4, -0.2) is 25.0 Å². The molecule has 1 fully saturated rings. The number of sulfonamides is 1. The Hall–Kier alpha value is -3.77. The average molecular weight is 590 g/mol. The highest BCUT2D eigenvalue weighted by Crippen LogP contribution is 2.30. The van der Waals surface area contributed by atoms with Gasteiger partial charge in [0.15, 0.2) is 5.17 Å². The van der Waals surface area contributed by atoms with E-state index in [0.717, 1.165) is 41.4 Å². The van der Waals surface area contributed by atoms with Crippen LogP contribution in [0.4, 0.5) is 24.5 Å². The number of alkyl halides is 3. The van der Waals surface area contributed by atoms with E-state index in [-0.39, 0.29) is 16.8 Å². The summed E-state index contributed by atoms with van der Waals surface area (Å²) in [4.78, 5) is 17.1. The fourth-order valence-electron chi connectivity index (χ4n) is 3.57. The van der Waals surface area contributed by atoms with Crippen LogP contribution in [0, 0.1) is 0 Å². The lowest BCUT2D eigenvalue weighted by Gasteiger charge is -2.10. The SMILES string of the molecule is CCC(C)c1ccc(COc2ccc(/C=C3\SC(=Nc4ccc(NS(=O)(=O)C(F)(F)F)cc4)NC3=O)cc2)cc1. The van der Waals surface area contributed by atoms with Crippen LogP contribution in [0.25, 0.3) is 6.08 Å².